The molecular formula is C14H15N3S. The molecule has 0 bridgehead atoms. The summed E-state index contributed by atoms with van der Waals surface area (Å²) in [4.78, 5) is 9.24. The number of thiocarbonyl (C=S) groups is 1. The van der Waals surface area contributed by atoms with Crippen LogP contribution in [0.5, 0.6) is 0 Å². The third kappa shape index (κ3) is 1.29. The van der Waals surface area contributed by atoms with E-state index in [0.717, 1.165) is 43.4 Å². The second-order valence-electron chi connectivity index (χ2n) is 5.06. The van der Waals surface area contributed by atoms with Gasteiger partial charge in [0, 0.05) is 25.2 Å². The summed E-state index contributed by atoms with van der Waals surface area (Å²) >= 11 is 5.66. The minimum Gasteiger partial charge on any atom is -0.318 e. The Kier molecular flexibility index (Phi) is 2.21. The number of anilines is 1. The van der Waals surface area contributed by atoms with Crippen LogP contribution in [-0.4, -0.2) is 35.5 Å². The van der Waals surface area contributed by atoms with Crippen molar-refractivity contribution in [1.82, 2.24) is 4.90 Å². The van der Waals surface area contributed by atoms with Crippen molar-refractivity contribution in [3.8, 4) is 0 Å². The zero-order valence-electron chi connectivity index (χ0n) is 10.2. The van der Waals surface area contributed by atoms with E-state index in [1.807, 2.05) is 0 Å². The molecule has 92 valence electrons. The summed E-state index contributed by atoms with van der Waals surface area (Å²) < 4.78 is 0. The number of aryl methyl sites for hydroxylation is 1. The maximum Gasteiger partial charge on any atom is 0.181 e. The molecule has 0 saturated carbocycles. The molecule has 4 rings (SSSR count). The Morgan fingerprint density at radius 3 is 2.94 bits per heavy atom. The van der Waals surface area contributed by atoms with Crippen LogP contribution in [0.3, 0.4) is 0 Å². The van der Waals surface area contributed by atoms with Crippen LogP contribution in [-0.2, 0) is 6.42 Å². The van der Waals surface area contributed by atoms with Crippen LogP contribution < -0.4 is 4.90 Å². The van der Waals surface area contributed by atoms with Crippen molar-refractivity contribution in [2.45, 2.75) is 19.3 Å². The number of rotatable bonds is 0. The highest BCUT2D eigenvalue weighted by Crippen LogP contribution is 2.37. The highest BCUT2D eigenvalue weighted by Gasteiger charge is 2.35. The molecule has 0 unspecified atom stereocenters. The lowest BCUT2D eigenvalue weighted by Gasteiger charge is -2.44. The maximum absolute atomic E-state index is 5.66. The molecule has 0 radical (unpaired) electrons. The van der Waals surface area contributed by atoms with E-state index >= 15 is 0 Å². The third-order valence-corrected chi connectivity index (χ3v) is 4.42. The van der Waals surface area contributed by atoms with Crippen LogP contribution in [0.2, 0.25) is 0 Å². The number of nitrogens with zero attached hydrogens (tertiary/aromatic N) is 3. The molecule has 3 aliphatic rings. The summed E-state index contributed by atoms with van der Waals surface area (Å²) in [6.45, 7) is 2.99. The van der Waals surface area contributed by atoms with Gasteiger partial charge >= 0.3 is 0 Å². The standard InChI is InChI=1S/C14H15N3S/c18-14-16-8-2-5-10-4-1-6-11(12(10)16)13-15-7-3-9-17(13)14/h1,4,6H,2-3,5,7-9H2. The summed E-state index contributed by atoms with van der Waals surface area (Å²) in [5.41, 5.74) is 4.03. The summed E-state index contributed by atoms with van der Waals surface area (Å²) in [5.74, 6) is 1.10. The van der Waals surface area contributed by atoms with Crippen molar-refractivity contribution in [3.63, 3.8) is 0 Å². The van der Waals surface area contributed by atoms with E-state index in [0.29, 0.717) is 0 Å². The summed E-state index contributed by atoms with van der Waals surface area (Å²) in [6, 6.07) is 6.57. The van der Waals surface area contributed by atoms with Crippen LogP contribution >= 0.6 is 12.2 Å². The molecule has 0 saturated heterocycles. The fourth-order valence-corrected chi connectivity index (χ4v) is 3.55. The molecule has 0 atom stereocenters. The minimum absolute atomic E-state index is 0.929. The topological polar surface area (TPSA) is 18.8 Å². The first-order valence-electron chi connectivity index (χ1n) is 6.62. The zero-order valence-corrected chi connectivity index (χ0v) is 11.0. The predicted molar refractivity (Wildman–Crippen MR) is 77.4 cm³/mol. The van der Waals surface area contributed by atoms with E-state index in [9.17, 15) is 0 Å². The van der Waals surface area contributed by atoms with Crippen LogP contribution in [0.1, 0.15) is 24.0 Å². The second-order valence-corrected chi connectivity index (χ2v) is 5.43. The normalized spacial score (nSPS) is 21.3. The van der Waals surface area contributed by atoms with E-state index in [4.69, 9.17) is 17.2 Å². The highest BCUT2D eigenvalue weighted by atomic mass is 32.1. The Labute approximate surface area is 112 Å². The van der Waals surface area contributed by atoms with E-state index in [-0.39, 0.29) is 0 Å². The Morgan fingerprint density at radius 2 is 2.00 bits per heavy atom. The van der Waals surface area contributed by atoms with Gasteiger partial charge in [-0.05, 0) is 43.1 Å². The lowest BCUT2D eigenvalue weighted by molar-refractivity contribution is 0.536. The number of fused-ring (bicyclic) bond motifs is 2. The monoisotopic (exact) mass is 257 g/mol. The van der Waals surface area contributed by atoms with Gasteiger partial charge in [0.1, 0.15) is 5.84 Å². The third-order valence-electron chi connectivity index (χ3n) is 3.98. The van der Waals surface area contributed by atoms with Crippen molar-refractivity contribution >= 4 is 28.9 Å². The number of para-hydroxylation sites is 1. The molecule has 0 N–H and O–H groups in total. The van der Waals surface area contributed by atoms with Gasteiger partial charge in [-0.1, -0.05) is 12.1 Å². The molecule has 0 amide bonds. The van der Waals surface area contributed by atoms with Gasteiger partial charge in [-0.3, -0.25) is 4.99 Å². The molecule has 18 heavy (non-hydrogen) atoms. The van der Waals surface area contributed by atoms with E-state index < -0.39 is 0 Å². The van der Waals surface area contributed by atoms with E-state index in [2.05, 4.69) is 28.0 Å². The molecule has 0 aliphatic carbocycles. The van der Waals surface area contributed by atoms with Crippen LogP contribution in [0.25, 0.3) is 0 Å². The number of hydrogen-bond acceptors (Lipinski definition) is 2. The summed E-state index contributed by atoms with van der Waals surface area (Å²) in [6.07, 6.45) is 3.46. The van der Waals surface area contributed by atoms with Crippen molar-refractivity contribution < 1.29 is 0 Å². The highest BCUT2D eigenvalue weighted by molar-refractivity contribution is 7.80. The van der Waals surface area contributed by atoms with Gasteiger partial charge in [0.2, 0.25) is 0 Å². The molecule has 0 aromatic heterocycles. The van der Waals surface area contributed by atoms with Crippen LogP contribution in [0.4, 0.5) is 5.69 Å². The molecule has 3 nitrogen and oxygen atoms in total. The molecular weight excluding hydrogens is 242 g/mol. The first-order chi connectivity index (χ1) is 8.86. The first-order valence-corrected chi connectivity index (χ1v) is 7.03. The van der Waals surface area contributed by atoms with Crippen molar-refractivity contribution in [2.75, 3.05) is 24.5 Å². The minimum atomic E-state index is 0.929. The quantitative estimate of drug-likeness (QED) is 0.664. The average Bonchev–Trinajstić information content (AvgIpc) is 2.44. The van der Waals surface area contributed by atoms with Gasteiger partial charge in [-0.2, -0.15) is 0 Å². The molecule has 1 aromatic rings. The molecule has 4 heteroatoms. The Balaban J connectivity index is 1.99. The van der Waals surface area contributed by atoms with Gasteiger partial charge in [-0.25, -0.2) is 0 Å². The largest absolute Gasteiger partial charge is 0.318 e. The van der Waals surface area contributed by atoms with Gasteiger partial charge in [0.15, 0.2) is 5.11 Å². The SMILES string of the molecule is S=C1N2CCCN=C2c2cccc3c2N1CCC3. The van der Waals surface area contributed by atoms with E-state index in [1.165, 1.54) is 23.2 Å². The fourth-order valence-electron chi connectivity index (χ4n) is 3.19. The number of benzene rings is 1. The Bertz CT molecular complexity index is 564. The predicted octanol–water partition coefficient (Wildman–Crippen LogP) is 2.19. The summed E-state index contributed by atoms with van der Waals surface area (Å²) in [7, 11) is 0. The van der Waals surface area contributed by atoms with Crippen molar-refractivity contribution in [3.05, 3.63) is 29.3 Å². The molecule has 0 fully saturated rings. The second kappa shape index (κ2) is 3.79. The number of amidine groups is 1. The van der Waals surface area contributed by atoms with Gasteiger partial charge < -0.3 is 9.80 Å². The van der Waals surface area contributed by atoms with E-state index in [1.54, 1.807) is 0 Å². The fraction of sp³-hybridized carbons (Fsp3) is 0.429. The van der Waals surface area contributed by atoms with Gasteiger partial charge in [-0.15, -0.1) is 0 Å². The van der Waals surface area contributed by atoms with Gasteiger partial charge in [0.25, 0.3) is 0 Å². The Hall–Kier alpha value is -1.42. The van der Waals surface area contributed by atoms with Crippen molar-refractivity contribution in [2.24, 2.45) is 4.99 Å². The lowest BCUT2D eigenvalue weighted by atomic mass is 9.95. The van der Waals surface area contributed by atoms with Gasteiger partial charge in [0.05, 0.1) is 5.69 Å². The first kappa shape index (κ1) is 10.5. The smallest absolute Gasteiger partial charge is 0.181 e. The van der Waals surface area contributed by atoms with Crippen molar-refractivity contribution in [1.29, 1.82) is 0 Å². The average molecular weight is 257 g/mol. The number of aliphatic imine (C=N–C) groups is 1. The molecule has 1 aromatic carbocycles. The van der Waals surface area contributed by atoms with Crippen LogP contribution in [0, 0.1) is 0 Å². The summed E-state index contributed by atoms with van der Waals surface area (Å²) in [5, 5.41) is 0.952. The lowest BCUT2D eigenvalue weighted by Crippen LogP contribution is -2.54. The Morgan fingerprint density at radius 1 is 1.11 bits per heavy atom. The molecule has 0 spiro atoms. The van der Waals surface area contributed by atoms with Crippen LogP contribution in [0.15, 0.2) is 23.2 Å². The number of hydrogen-bond donors (Lipinski definition) is 0. The zero-order chi connectivity index (χ0) is 12.1. The maximum atomic E-state index is 5.66. The molecule has 3 aliphatic heterocycles. The molecule has 3 heterocycles.